The summed E-state index contributed by atoms with van der Waals surface area (Å²) in [5.41, 5.74) is 1.07. The van der Waals surface area contributed by atoms with Crippen molar-refractivity contribution in [3.05, 3.63) is 29.8 Å². The van der Waals surface area contributed by atoms with E-state index in [9.17, 15) is 4.79 Å². The highest BCUT2D eigenvalue weighted by atomic mass is 79.9. The molecular weight excluding hydrogens is 306 g/mol. The number of methoxy groups -OCH3 is 1. The van der Waals surface area contributed by atoms with Crippen LogP contribution in [-0.2, 0) is 11.3 Å². The van der Waals surface area contributed by atoms with Crippen LogP contribution in [-0.4, -0.2) is 28.8 Å². The summed E-state index contributed by atoms with van der Waals surface area (Å²) in [6, 6.07) is 8.31. The van der Waals surface area contributed by atoms with Gasteiger partial charge in [0, 0.05) is 18.2 Å². The predicted octanol–water partition coefficient (Wildman–Crippen LogP) is 3.36. The van der Waals surface area contributed by atoms with Crippen molar-refractivity contribution in [3.63, 3.8) is 0 Å². The van der Waals surface area contributed by atoms with Crippen LogP contribution in [0.5, 0.6) is 5.75 Å². The van der Waals surface area contributed by atoms with E-state index in [0.717, 1.165) is 30.6 Å². The van der Waals surface area contributed by atoms with Crippen molar-refractivity contribution < 1.29 is 9.53 Å². The smallest absolute Gasteiger partial charge is 0.236 e. The molecule has 3 nitrogen and oxygen atoms in total. The van der Waals surface area contributed by atoms with Crippen molar-refractivity contribution >= 4 is 21.8 Å². The SMILES string of the molecule is CCC(Br)C(=O)N(Cc1ccccc1OC)C1CC1. The number of alkyl halides is 1. The molecule has 0 aromatic heterocycles. The molecule has 4 heteroatoms. The Morgan fingerprint density at radius 2 is 2.16 bits per heavy atom. The van der Waals surface area contributed by atoms with E-state index < -0.39 is 0 Å². The van der Waals surface area contributed by atoms with Gasteiger partial charge in [0.2, 0.25) is 5.91 Å². The number of carbonyl (C=O) groups excluding carboxylic acids is 1. The number of hydrogen-bond donors (Lipinski definition) is 0. The summed E-state index contributed by atoms with van der Waals surface area (Å²) in [4.78, 5) is 14.3. The number of rotatable bonds is 6. The van der Waals surface area contributed by atoms with E-state index in [2.05, 4.69) is 15.9 Å². The molecule has 0 heterocycles. The molecule has 1 aliphatic carbocycles. The molecular formula is C15H20BrNO2. The number of para-hydroxylation sites is 1. The van der Waals surface area contributed by atoms with E-state index in [-0.39, 0.29) is 10.7 Å². The minimum Gasteiger partial charge on any atom is -0.496 e. The van der Waals surface area contributed by atoms with Gasteiger partial charge >= 0.3 is 0 Å². The van der Waals surface area contributed by atoms with Gasteiger partial charge in [-0.25, -0.2) is 0 Å². The van der Waals surface area contributed by atoms with Gasteiger partial charge in [0.05, 0.1) is 11.9 Å². The van der Waals surface area contributed by atoms with Gasteiger partial charge in [0.25, 0.3) is 0 Å². The first kappa shape index (κ1) is 14.4. The number of benzene rings is 1. The summed E-state index contributed by atoms with van der Waals surface area (Å²) in [7, 11) is 1.67. The minimum absolute atomic E-state index is 0.0807. The van der Waals surface area contributed by atoms with Crippen LogP contribution in [0, 0.1) is 0 Å². The molecule has 1 amide bonds. The molecule has 0 bridgehead atoms. The zero-order chi connectivity index (χ0) is 13.8. The Balaban J connectivity index is 2.14. The maximum Gasteiger partial charge on any atom is 0.236 e. The van der Waals surface area contributed by atoms with Crippen LogP contribution < -0.4 is 4.74 Å². The fourth-order valence-corrected chi connectivity index (χ4v) is 2.41. The summed E-state index contributed by atoms with van der Waals surface area (Å²) in [5, 5.41) is 0. The third-order valence-corrected chi connectivity index (χ3v) is 4.47. The monoisotopic (exact) mass is 325 g/mol. The van der Waals surface area contributed by atoms with Gasteiger partial charge in [-0.2, -0.15) is 0 Å². The molecule has 1 aromatic carbocycles. The maximum absolute atomic E-state index is 12.4. The maximum atomic E-state index is 12.4. The first-order chi connectivity index (χ1) is 9.17. The number of amides is 1. The summed E-state index contributed by atoms with van der Waals surface area (Å²) in [6.45, 7) is 2.65. The molecule has 1 saturated carbocycles. The molecule has 0 radical (unpaired) electrons. The molecule has 1 atom stereocenters. The minimum atomic E-state index is -0.0807. The molecule has 0 N–H and O–H groups in total. The van der Waals surface area contributed by atoms with Crippen molar-refractivity contribution in [1.29, 1.82) is 0 Å². The van der Waals surface area contributed by atoms with Crippen LogP contribution in [0.15, 0.2) is 24.3 Å². The first-order valence-electron chi connectivity index (χ1n) is 6.73. The summed E-state index contributed by atoms with van der Waals surface area (Å²) >= 11 is 3.47. The normalized spacial score (nSPS) is 15.9. The number of hydrogen-bond acceptors (Lipinski definition) is 2. The fourth-order valence-electron chi connectivity index (χ4n) is 2.14. The van der Waals surface area contributed by atoms with Gasteiger partial charge in [-0.05, 0) is 25.3 Å². The molecule has 0 aliphatic heterocycles. The molecule has 0 saturated heterocycles. The van der Waals surface area contributed by atoms with E-state index in [1.54, 1.807) is 7.11 Å². The summed E-state index contributed by atoms with van der Waals surface area (Å²) in [6.07, 6.45) is 3.04. The van der Waals surface area contributed by atoms with E-state index in [0.29, 0.717) is 12.6 Å². The van der Waals surface area contributed by atoms with Gasteiger partial charge in [-0.15, -0.1) is 0 Å². The Morgan fingerprint density at radius 3 is 2.74 bits per heavy atom. The third-order valence-electron chi connectivity index (χ3n) is 3.43. The molecule has 104 valence electrons. The second kappa shape index (κ2) is 6.42. The molecule has 1 fully saturated rings. The molecule has 2 rings (SSSR count). The van der Waals surface area contributed by atoms with Crippen LogP contribution in [0.1, 0.15) is 31.7 Å². The van der Waals surface area contributed by atoms with E-state index >= 15 is 0 Å². The van der Waals surface area contributed by atoms with Crippen molar-refractivity contribution in [2.24, 2.45) is 0 Å². The molecule has 19 heavy (non-hydrogen) atoms. The standard InChI is InChI=1S/C15H20BrNO2/c1-3-13(16)15(18)17(12-8-9-12)10-11-6-4-5-7-14(11)19-2/h4-7,12-13H,3,8-10H2,1-2H3. The van der Waals surface area contributed by atoms with E-state index in [1.165, 1.54) is 0 Å². The lowest BCUT2D eigenvalue weighted by molar-refractivity contribution is -0.131. The Morgan fingerprint density at radius 1 is 1.47 bits per heavy atom. The van der Waals surface area contributed by atoms with Gasteiger partial charge in [0.1, 0.15) is 5.75 Å². The Labute approximate surface area is 123 Å². The van der Waals surface area contributed by atoms with Gasteiger partial charge in [-0.3, -0.25) is 4.79 Å². The lowest BCUT2D eigenvalue weighted by Crippen LogP contribution is -2.37. The Hall–Kier alpha value is -1.03. The first-order valence-corrected chi connectivity index (χ1v) is 7.65. The Kier molecular flexibility index (Phi) is 4.86. The predicted molar refractivity (Wildman–Crippen MR) is 79.6 cm³/mol. The van der Waals surface area contributed by atoms with Gasteiger partial charge in [-0.1, -0.05) is 41.1 Å². The molecule has 1 unspecified atom stereocenters. The summed E-state index contributed by atoms with van der Waals surface area (Å²) in [5.74, 6) is 1.04. The second-order valence-electron chi connectivity index (χ2n) is 4.88. The third kappa shape index (κ3) is 3.50. The number of carbonyl (C=O) groups is 1. The lowest BCUT2D eigenvalue weighted by Gasteiger charge is -2.25. The van der Waals surface area contributed by atoms with E-state index in [1.807, 2.05) is 36.1 Å². The number of ether oxygens (including phenoxy) is 1. The second-order valence-corrected chi connectivity index (χ2v) is 5.99. The number of halogens is 1. The van der Waals surface area contributed by atoms with Crippen LogP contribution >= 0.6 is 15.9 Å². The summed E-state index contributed by atoms with van der Waals surface area (Å²) < 4.78 is 5.36. The van der Waals surface area contributed by atoms with Crippen LogP contribution in [0.4, 0.5) is 0 Å². The van der Waals surface area contributed by atoms with Gasteiger partial charge in [0.15, 0.2) is 0 Å². The average molecular weight is 326 g/mol. The largest absolute Gasteiger partial charge is 0.496 e. The van der Waals surface area contributed by atoms with Crippen molar-refractivity contribution in [3.8, 4) is 5.75 Å². The van der Waals surface area contributed by atoms with Crippen LogP contribution in [0.2, 0.25) is 0 Å². The fraction of sp³-hybridized carbons (Fsp3) is 0.533. The van der Waals surface area contributed by atoms with Gasteiger partial charge < -0.3 is 9.64 Å². The molecule has 1 aliphatic rings. The average Bonchev–Trinajstić information content (AvgIpc) is 3.28. The quantitative estimate of drug-likeness (QED) is 0.750. The van der Waals surface area contributed by atoms with Crippen molar-refractivity contribution in [2.45, 2.75) is 43.6 Å². The molecule has 1 aromatic rings. The highest BCUT2D eigenvalue weighted by Gasteiger charge is 2.34. The zero-order valence-corrected chi connectivity index (χ0v) is 13.0. The van der Waals surface area contributed by atoms with E-state index in [4.69, 9.17) is 4.74 Å². The highest BCUT2D eigenvalue weighted by Crippen LogP contribution is 2.31. The Bertz CT molecular complexity index is 446. The topological polar surface area (TPSA) is 29.5 Å². The zero-order valence-electron chi connectivity index (χ0n) is 11.4. The number of nitrogens with zero attached hydrogens (tertiary/aromatic N) is 1. The molecule has 0 spiro atoms. The van der Waals surface area contributed by atoms with Crippen LogP contribution in [0.3, 0.4) is 0 Å². The van der Waals surface area contributed by atoms with Crippen molar-refractivity contribution in [1.82, 2.24) is 4.90 Å². The van der Waals surface area contributed by atoms with Crippen LogP contribution in [0.25, 0.3) is 0 Å². The highest BCUT2D eigenvalue weighted by molar-refractivity contribution is 9.10. The van der Waals surface area contributed by atoms with Crippen molar-refractivity contribution in [2.75, 3.05) is 7.11 Å². The lowest BCUT2D eigenvalue weighted by atomic mass is 10.1.